The molecule has 0 fully saturated rings. The first-order valence-corrected chi connectivity index (χ1v) is 24.3. The Morgan fingerprint density at radius 1 is 0.523 bits per heavy atom. The van der Waals surface area contributed by atoms with Crippen molar-refractivity contribution in [2.75, 3.05) is 9.71 Å². The minimum Gasteiger partial charge on any atom is -0.440 e. The van der Waals surface area contributed by atoms with Crippen molar-refractivity contribution < 1.29 is 4.42 Å². The number of anilines is 5. The SMILES string of the molecule is Cc1cc2c(cc1N1c3cc4ccccc4c4c3B(c3c1oc1cc5c(cc31)C(C)(C)CCC5(C)C)N(c1ccc(C(C)(C)C)cc1)c1cc3ccccc3cc1-4)C(C)(C)CCC2(C)C. The lowest BCUT2D eigenvalue weighted by molar-refractivity contribution is 0.332. The first-order valence-electron chi connectivity index (χ1n) is 24.3. The molecule has 0 saturated carbocycles. The van der Waals surface area contributed by atoms with E-state index in [1.165, 1.54) is 112 Å². The van der Waals surface area contributed by atoms with Crippen LogP contribution in [0.15, 0.2) is 120 Å². The topological polar surface area (TPSA) is 19.6 Å². The molecular weight excluding hydrogens is 787 g/mol. The van der Waals surface area contributed by atoms with Crippen LogP contribution in [-0.2, 0) is 27.1 Å². The summed E-state index contributed by atoms with van der Waals surface area (Å²) in [4.78, 5) is 5.24. The van der Waals surface area contributed by atoms with Crippen LogP contribution >= 0.6 is 0 Å². The summed E-state index contributed by atoms with van der Waals surface area (Å²) < 4.78 is 7.65. The van der Waals surface area contributed by atoms with Crippen molar-refractivity contribution in [3.8, 4) is 11.1 Å². The highest BCUT2D eigenvalue weighted by Crippen LogP contribution is 2.55. The van der Waals surface area contributed by atoms with Crippen molar-refractivity contribution in [1.82, 2.24) is 0 Å². The number of fused-ring (bicyclic) bond motifs is 11. The summed E-state index contributed by atoms with van der Waals surface area (Å²) in [5, 5.41) is 6.25. The van der Waals surface area contributed by atoms with Gasteiger partial charge in [-0.15, -0.1) is 0 Å². The van der Waals surface area contributed by atoms with Gasteiger partial charge in [0.15, 0.2) is 0 Å². The van der Waals surface area contributed by atoms with E-state index in [2.05, 4.69) is 208 Å². The zero-order chi connectivity index (χ0) is 45.3. The molecule has 65 heavy (non-hydrogen) atoms. The van der Waals surface area contributed by atoms with E-state index in [1.54, 1.807) is 0 Å². The standard InChI is InChI=1S/C61H63BN2O/c1-36-29-45-47(60(9,10)27-25-58(45,5)6)34-49(36)63-51-32-39-19-15-16-20-42(39)53-43-30-37-17-13-14-18-38(37)31-50(43)64(41-23-21-40(22-24-41)57(2,3)4)62(55(51)53)54-44-33-46-48(35-52(44)65-56(54)63)61(11,12)28-26-59(46,7)8/h13-24,29-35H,25-28H2,1-12H3. The summed E-state index contributed by atoms with van der Waals surface area (Å²) >= 11 is 0. The van der Waals surface area contributed by atoms with E-state index in [-0.39, 0.29) is 33.9 Å². The zero-order valence-corrected chi connectivity index (χ0v) is 40.7. The van der Waals surface area contributed by atoms with E-state index in [0.29, 0.717) is 0 Å². The molecular formula is C61H63BN2O. The fourth-order valence-corrected chi connectivity index (χ4v) is 12.6. The summed E-state index contributed by atoms with van der Waals surface area (Å²) in [5.74, 6) is 0.938. The van der Waals surface area contributed by atoms with Gasteiger partial charge in [0.25, 0.3) is 0 Å². The van der Waals surface area contributed by atoms with E-state index < -0.39 is 0 Å². The number of furan rings is 1. The van der Waals surface area contributed by atoms with Crippen molar-refractivity contribution >= 4 is 78.9 Å². The van der Waals surface area contributed by atoms with Crippen molar-refractivity contribution in [3.63, 3.8) is 0 Å². The molecule has 0 spiro atoms. The second-order valence-corrected chi connectivity index (χ2v) is 24.0. The van der Waals surface area contributed by atoms with Crippen LogP contribution in [0.4, 0.5) is 28.6 Å². The highest BCUT2D eigenvalue weighted by Gasteiger charge is 2.50. The summed E-state index contributed by atoms with van der Waals surface area (Å²) in [6, 6.07) is 45.0. The van der Waals surface area contributed by atoms with E-state index in [0.717, 1.165) is 30.7 Å². The van der Waals surface area contributed by atoms with Gasteiger partial charge < -0.3 is 9.23 Å². The first kappa shape index (κ1) is 40.8. The predicted molar refractivity (Wildman–Crippen MR) is 279 cm³/mol. The number of hydrogen-bond donors (Lipinski definition) is 0. The minimum atomic E-state index is -0.169. The predicted octanol–water partition coefficient (Wildman–Crippen LogP) is 15.8. The van der Waals surface area contributed by atoms with Crippen LogP contribution in [0.1, 0.15) is 135 Å². The lowest BCUT2D eigenvalue weighted by Crippen LogP contribution is -2.61. The molecule has 3 nitrogen and oxygen atoms in total. The molecule has 0 bridgehead atoms. The van der Waals surface area contributed by atoms with Gasteiger partial charge in [-0.2, -0.15) is 0 Å². The molecule has 4 heteroatoms. The molecule has 12 rings (SSSR count). The molecule has 2 aliphatic carbocycles. The number of rotatable bonds is 2. The zero-order valence-electron chi connectivity index (χ0n) is 40.7. The van der Waals surface area contributed by atoms with Crippen LogP contribution in [0.2, 0.25) is 0 Å². The maximum absolute atomic E-state index is 7.65. The van der Waals surface area contributed by atoms with E-state index >= 15 is 0 Å². The third-order valence-corrected chi connectivity index (χ3v) is 16.8. The summed E-state index contributed by atoms with van der Waals surface area (Å²) in [5.41, 5.74) is 19.7. The van der Waals surface area contributed by atoms with Gasteiger partial charge in [-0.3, -0.25) is 4.90 Å². The maximum Gasteiger partial charge on any atom is 0.337 e. The molecule has 0 atom stereocenters. The average molecular weight is 851 g/mol. The second kappa shape index (κ2) is 13.2. The molecule has 0 amide bonds. The summed E-state index contributed by atoms with van der Waals surface area (Å²) in [7, 11) is 0. The van der Waals surface area contributed by atoms with Gasteiger partial charge in [0, 0.05) is 33.5 Å². The average Bonchev–Trinajstić information content (AvgIpc) is 3.64. The van der Waals surface area contributed by atoms with Gasteiger partial charge in [-0.05, 0) is 174 Å². The quantitative estimate of drug-likeness (QED) is 0.162. The third kappa shape index (κ3) is 5.80. The van der Waals surface area contributed by atoms with Crippen molar-refractivity contribution in [2.45, 2.75) is 136 Å². The van der Waals surface area contributed by atoms with Crippen LogP contribution in [0, 0.1) is 6.92 Å². The van der Waals surface area contributed by atoms with Crippen LogP contribution < -0.4 is 20.6 Å². The summed E-state index contributed by atoms with van der Waals surface area (Å²) in [6.45, 7) is 28.7. The maximum atomic E-state index is 7.65. The number of benzene rings is 7. The molecule has 1 aromatic heterocycles. The molecule has 7 aromatic carbocycles. The second-order valence-electron chi connectivity index (χ2n) is 24.0. The normalized spacial score (nSPS) is 18.6. The molecule has 0 saturated heterocycles. The smallest absolute Gasteiger partial charge is 0.337 e. The Hall–Kier alpha value is -5.74. The van der Waals surface area contributed by atoms with Crippen LogP contribution in [0.3, 0.4) is 0 Å². The lowest BCUT2D eigenvalue weighted by Gasteiger charge is -2.46. The molecule has 326 valence electrons. The van der Waals surface area contributed by atoms with Gasteiger partial charge in [0.05, 0.1) is 5.69 Å². The number of aryl methyl sites for hydroxylation is 1. The van der Waals surface area contributed by atoms with Gasteiger partial charge in [-0.25, -0.2) is 0 Å². The Bertz CT molecular complexity index is 3340. The molecule has 4 aliphatic rings. The van der Waals surface area contributed by atoms with Crippen molar-refractivity contribution in [2.24, 2.45) is 0 Å². The first-order chi connectivity index (χ1) is 30.7. The monoisotopic (exact) mass is 851 g/mol. The van der Waals surface area contributed by atoms with Gasteiger partial charge >= 0.3 is 6.85 Å². The minimum absolute atomic E-state index is 0.0304. The molecule has 2 aliphatic heterocycles. The van der Waals surface area contributed by atoms with E-state index in [4.69, 9.17) is 4.42 Å². The molecule has 0 N–H and O–H groups in total. The number of nitrogens with zero attached hydrogens (tertiary/aromatic N) is 2. The molecule has 8 aromatic rings. The Morgan fingerprint density at radius 3 is 1.69 bits per heavy atom. The Balaban J connectivity index is 1.26. The van der Waals surface area contributed by atoms with Crippen LogP contribution in [-0.4, -0.2) is 6.85 Å². The van der Waals surface area contributed by atoms with E-state index in [1.807, 2.05) is 0 Å². The fraction of sp³-hybridized carbons (Fsp3) is 0.344. The molecule has 0 unspecified atom stereocenters. The van der Waals surface area contributed by atoms with Crippen molar-refractivity contribution in [1.29, 1.82) is 0 Å². The Morgan fingerprint density at radius 2 is 1.06 bits per heavy atom. The van der Waals surface area contributed by atoms with Gasteiger partial charge in [-0.1, -0.05) is 143 Å². The van der Waals surface area contributed by atoms with Crippen LogP contribution in [0.5, 0.6) is 0 Å². The Kier molecular flexibility index (Phi) is 8.28. The third-order valence-electron chi connectivity index (χ3n) is 16.8. The van der Waals surface area contributed by atoms with E-state index in [9.17, 15) is 0 Å². The lowest BCUT2D eigenvalue weighted by atomic mass is 9.43. The molecule has 3 heterocycles. The van der Waals surface area contributed by atoms with Crippen LogP contribution in [0.25, 0.3) is 43.6 Å². The number of hydrogen-bond acceptors (Lipinski definition) is 3. The van der Waals surface area contributed by atoms with Gasteiger partial charge in [0.2, 0.25) is 5.88 Å². The Labute approximate surface area is 387 Å². The fourth-order valence-electron chi connectivity index (χ4n) is 12.6. The molecule has 0 radical (unpaired) electrons. The van der Waals surface area contributed by atoms with Crippen molar-refractivity contribution in [3.05, 3.63) is 149 Å². The van der Waals surface area contributed by atoms with Gasteiger partial charge in [0.1, 0.15) is 5.58 Å². The highest BCUT2D eigenvalue weighted by molar-refractivity contribution is 6.95. The largest absolute Gasteiger partial charge is 0.440 e. The highest BCUT2D eigenvalue weighted by atomic mass is 16.4. The summed E-state index contributed by atoms with van der Waals surface area (Å²) in [6.07, 6.45) is 4.64.